The summed E-state index contributed by atoms with van der Waals surface area (Å²) in [6.45, 7) is 6.39. The summed E-state index contributed by atoms with van der Waals surface area (Å²) in [7, 11) is 0. The van der Waals surface area contributed by atoms with Crippen LogP contribution in [0.1, 0.15) is 26.3 Å². The highest BCUT2D eigenvalue weighted by molar-refractivity contribution is 8.00. The van der Waals surface area contributed by atoms with Crippen LogP contribution in [0.25, 0.3) is 11.0 Å². The Hall–Kier alpha value is -2.48. The van der Waals surface area contributed by atoms with Crippen LogP contribution in [0.15, 0.2) is 53.7 Å². The molecule has 1 N–H and O–H groups in total. The van der Waals surface area contributed by atoms with Crippen LogP contribution in [-0.4, -0.2) is 20.7 Å². The van der Waals surface area contributed by atoms with Gasteiger partial charge < -0.3 is 9.88 Å². The van der Waals surface area contributed by atoms with Gasteiger partial charge in [0.15, 0.2) is 5.16 Å². The molecule has 0 aliphatic carbocycles. The molecule has 154 valence electrons. The van der Waals surface area contributed by atoms with Crippen LogP contribution in [-0.2, 0) is 17.5 Å². The van der Waals surface area contributed by atoms with E-state index in [0.29, 0.717) is 11.7 Å². The summed E-state index contributed by atoms with van der Waals surface area (Å²) in [5.74, 6) is -0.584. The zero-order valence-electron chi connectivity index (χ0n) is 16.3. The molecule has 0 saturated heterocycles. The van der Waals surface area contributed by atoms with Crippen molar-refractivity contribution in [2.75, 3.05) is 5.32 Å². The maximum absolute atomic E-state index is 13.3. The summed E-state index contributed by atoms with van der Waals surface area (Å²) < 4.78 is 41.8. The van der Waals surface area contributed by atoms with E-state index >= 15 is 0 Å². The predicted octanol–water partition coefficient (Wildman–Crippen LogP) is 5.83. The van der Waals surface area contributed by atoms with Crippen LogP contribution in [0.2, 0.25) is 0 Å². The topological polar surface area (TPSA) is 46.9 Å². The second-order valence-electron chi connectivity index (χ2n) is 6.94. The first kappa shape index (κ1) is 21.2. The molecule has 1 aromatic heterocycles. The first-order chi connectivity index (χ1) is 13.7. The molecule has 0 spiro atoms. The molecule has 0 radical (unpaired) electrons. The van der Waals surface area contributed by atoms with Crippen molar-refractivity contribution < 1.29 is 18.0 Å². The molecule has 3 aromatic rings. The van der Waals surface area contributed by atoms with E-state index in [-0.39, 0.29) is 11.6 Å². The number of nitrogens with one attached hydrogen (secondary N) is 1. The molecule has 0 aliphatic heterocycles. The molecule has 2 aromatic carbocycles. The number of carbonyl (C=O) groups excluding carboxylic acids is 1. The number of fused-ring (bicyclic) bond motifs is 1. The van der Waals surface area contributed by atoms with Gasteiger partial charge in [0.25, 0.3) is 0 Å². The molecule has 29 heavy (non-hydrogen) atoms. The first-order valence-electron chi connectivity index (χ1n) is 9.31. The summed E-state index contributed by atoms with van der Waals surface area (Å²) in [6, 6.07) is 12.7. The van der Waals surface area contributed by atoms with Crippen molar-refractivity contribution in [2.45, 2.75) is 43.9 Å². The molecule has 0 fully saturated rings. The lowest BCUT2D eigenvalue weighted by Gasteiger charge is -2.21. The van der Waals surface area contributed by atoms with Crippen molar-refractivity contribution >= 4 is 34.4 Å². The molecule has 1 unspecified atom stereocenters. The SMILES string of the molecule is CCn1c(SC(C(=O)Nc2ccccc2C(F)(F)F)C(C)C)nc2ccccc21. The van der Waals surface area contributed by atoms with Crippen molar-refractivity contribution in [1.29, 1.82) is 0 Å². The fraction of sp³-hybridized carbons (Fsp3) is 0.333. The average Bonchev–Trinajstić information content (AvgIpc) is 3.02. The zero-order chi connectivity index (χ0) is 21.2. The van der Waals surface area contributed by atoms with Gasteiger partial charge in [0.1, 0.15) is 0 Å². The molecule has 1 atom stereocenters. The van der Waals surface area contributed by atoms with E-state index in [0.717, 1.165) is 17.1 Å². The summed E-state index contributed by atoms with van der Waals surface area (Å²) in [5, 5.41) is 2.55. The zero-order valence-corrected chi connectivity index (χ0v) is 17.1. The van der Waals surface area contributed by atoms with Gasteiger partial charge in [-0.2, -0.15) is 13.2 Å². The van der Waals surface area contributed by atoms with Crippen LogP contribution in [0.4, 0.5) is 18.9 Å². The molecule has 0 bridgehead atoms. The minimum absolute atomic E-state index is 0.108. The third kappa shape index (κ3) is 4.58. The number of nitrogens with zero attached hydrogens (tertiary/aromatic N) is 2. The fourth-order valence-electron chi connectivity index (χ4n) is 3.10. The number of rotatable bonds is 6. The minimum Gasteiger partial charge on any atom is -0.325 e. The van der Waals surface area contributed by atoms with E-state index in [1.54, 1.807) is 0 Å². The average molecular weight is 421 g/mol. The van der Waals surface area contributed by atoms with Gasteiger partial charge in [-0.25, -0.2) is 4.98 Å². The lowest BCUT2D eigenvalue weighted by molar-refractivity contribution is -0.137. The lowest BCUT2D eigenvalue weighted by Crippen LogP contribution is -2.30. The number of benzene rings is 2. The lowest BCUT2D eigenvalue weighted by atomic mass is 10.1. The second kappa shape index (κ2) is 8.49. The normalized spacial score (nSPS) is 13.1. The van der Waals surface area contributed by atoms with Gasteiger partial charge in [0.05, 0.1) is 27.5 Å². The van der Waals surface area contributed by atoms with Crippen LogP contribution >= 0.6 is 11.8 Å². The summed E-state index contributed by atoms with van der Waals surface area (Å²) in [5.41, 5.74) is 0.687. The van der Waals surface area contributed by atoms with E-state index in [1.165, 1.54) is 30.0 Å². The Morgan fingerprint density at radius 2 is 1.79 bits per heavy atom. The Labute approximate surface area is 171 Å². The predicted molar refractivity (Wildman–Crippen MR) is 110 cm³/mol. The Morgan fingerprint density at radius 3 is 2.45 bits per heavy atom. The highest BCUT2D eigenvalue weighted by Crippen LogP contribution is 2.36. The second-order valence-corrected chi connectivity index (χ2v) is 8.05. The molecule has 8 heteroatoms. The quantitative estimate of drug-likeness (QED) is 0.510. The third-order valence-corrected chi connectivity index (χ3v) is 6.06. The van der Waals surface area contributed by atoms with Crippen LogP contribution in [0.3, 0.4) is 0 Å². The standard InChI is InChI=1S/C21H22F3N3OS/c1-4-27-17-12-8-7-11-16(17)26-20(27)29-18(13(2)3)19(28)25-15-10-6-5-9-14(15)21(22,23)24/h5-13,18H,4H2,1-3H3,(H,25,28). The van der Waals surface area contributed by atoms with Crippen molar-refractivity contribution in [3.05, 3.63) is 54.1 Å². The summed E-state index contributed by atoms with van der Waals surface area (Å²) >= 11 is 1.27. The number of para-hydroxylation sites is 3. The van der Waals surface area contributed by atoms with Crippen LogP contribution < -0.4 is 5.32 Å². The minimum atomic E-state index is -4.54. The molecule has 1 heterocycles. The van der Waals surface area contributed by atoms with Gasteiger partial charge in [-0.3, -0.25) is 4.79 Å². The van der Waals surface area contributed by atoms with Crippen LogP contribution in [0.5, 0.6) is 0 Å². The van der Waals surface area contributed by atoms with Crippen LogP contribution in [0, 0.1) is 5.92 Å². The fourth-order valence-corrected chi connectivity index (χ4v) is 4.27. The number of thioether (sulfide) groups is 1. The number of hydrogen-bond acceptors (Lipinski definition) is 3. The molecule has 0 aliphatic rings. The maximum Gasteiger partial charge on any atom is 0.418 e. The number of hydrogen-bond donors (Lipinski definition) is 1. The summed E-state index contributed by atoms with van der Waals surface area (Å²) in [6.07, 6.45) is -4.54. The number of carbonyl (C=O) groups is 1. The Morgan fingerprint density at radius 1 is 1.14 bits per heavy atom. The molecule has 4 nitrogen and oxygen atoms in total. The van der Waals surface area contributed by atoms with Crippen molar-refractivity contribution in [1.82, 2.24) is 9.55 Å². The van der Waals surface area contributed by atoms with Gasteiger partial charge in [0, 0.05) is 6.54 Å². The van der Waals surface area contributed by atoms with Gasteiger partial charge in [0.2, 0.25) is 5.91 Å². The maximum atomic E-state index is 13.3. The number of aryl methyl sites for hydroxylation is 1. The largest absolute Gasteiger partial charge is 0.418 e. The highest BCUT2D eigenvalue weighted by Gasteiger charge is 2.34. The number of anilines is 1. The molecular weight excluding hydrogens is 399 g/mol. The highest BCUT2D eigenvalue weighted by atomic mass is 32.2. The third-order valence-electron chi connectivity index (χ3n) is 4.52. The van der Waals surface area contributed by atoms with Gasteiger partial charge >= 0.3 is 6.18 Å². The van der Waals surface area contributed by atoms with Crippen molar-refractivity contribution in [3.8, 4) is 0 Å². The number of alkyl halides is 3. The Balaban J connectivity index is 1.89. The van der Waals surface area contributed by atoms with Crippen molar-refractivity contribution in [3.63, 3.8) is 0 Å². The van der Waals surface area contributed by atoms with Gasteiger partial charge in [-0.05, 0) is 37.1 Å². The molecular formula is C21H22F3N3OS. The molecule has 0 saturated carbocycles. The van der Waals surface area contributed by atoms with E-state index in [2.05, 4.69) is 10.3 Å². The van der Waals surface area contributed by atoms with Gasteiger partial charge in [-0.1, -0.05) is 49.9 Å². The number of halogens is 3. The van der Waals surface area contributed by atoms with E-state index in [1.807, 2.05) is 49.6 Å². The monoisotopic (exact) mass is 421 g/mol. The summed E-state index contributed by atoms with van der Waals surface area (Å²) in [4.78, 5) is 17.5. The molecule has 1 amide bonds. The van der Waals surface area contributed by atoms with E-state index in [9.17, 15) is 18.0 Å². The first-order valence-corrected chi connectivity index (χ1v) is 10.2. The number of amides is 1. The van der Waals surface area contributed by atoms with E-state index in [4.69, 9.17) is 0 Å². The number of imidazole rings is 1. The Kier molecular flexibility index (Phi) is 6.21. The van der Waals surface area contributed by atoms with E-state index < -0.39 is 22.9 Å². The number of aromatic nitrogens is 2. The van der Waals surface area contributed by atoms with Crippen molar-refractivity contribution in [2.24, 2.45) is 5.92 Å². The van der Waals surface area contributed by atoms with Gasteiger partial charge in [-0.15, -0.1) is 0 Å². The smallest absolute Gasteiger partial charge is 0.325 e. The molecule has 3 rings (SSSR count). The Bertz CT molecular complexity index is 1010.